The summed E-state index contributed by atoms with van der Waals surface area (Å²) in [5.41, 5.74) is 5.54. The van der Waals surface area contributed by atoms with Gasteiger partial charge in [-0.25, -0.2) is 4.98 Å². The maximum Gasteiger partial charge on any atom is 0.266 e. The third-order valence-electron chi connectivity index (χ3n) is 2.95. The molecule has 146 valence electrons. The van der Waals surface area contributed by atoms with Crippen molar-refractivity contribution in [2.75, 3.05) is 16.9 Å². The highest BCUT2D eigenvalue weighted by Crippen LogP contribution is 2.19. The maximum absolute atomic E-state index is 11.8. The summed E-state index contributed by atoms with van der Waals surface area (Å²) in [5.74, 6) is -2.04. The van der Waals surface area contributed by atoms with Crippen molar-refractivity contribution in [3.63, 3.8) is 0 Å². The number of aromatic nitrogens is 1. The number of carbonyl (C=O) groups excluding carboxylic acids is 4. The quantitative estimate of drug-likeness (QED) is 0.158. The van der Waals surface area contributed by atoms with Gasteiger partial charge in [0.25, 0.3) is 5.91 Å². The number of thioether (sulfide) groups is 1. The molecule has 2 rings (SSSR count). The summed E-state index contributed by atoms with van der Waals surface area (Å²) < 4.78 is 0. The van der Waals surface area contributed by atoms with E-state index in [4.69, 9.17) is 22.2 Å². The number of carbonyl (C=O) groups is 4. The van der Waals surface area contributed by atoms with Crippen LogP contribution in [0.2, 0.25) is 0 Å². The topological polar surface area (TPSA) is 165 Å². The van der Waals surface area contributed by atoms with E-state index in [1.807, 2.05) is 0 Å². The van der Waals surface area contributed by atoms with Gasteiger partial charge in [-0.1, -0.05) is 5.16 Å². The molecule has 1 saturated heterocycles. The van der Waals surface area contributed by atoms with Gasteiger partial charge in [0.05, 0.1) is 11.4 Å². The van der Waals surface area contributed by atoms with Crippen LogP contribution in [0.3, 0.4) is 0 Å². The Kier molecular flexibility index (Phi) is 7.82. The van der Waals surface area contributed by atoms with Gasteiger partial charge in [0, 0.05) is 5.38 Å². The Labute approximate surface area is 166 Å². The smallest absolute Gasteiger partial charge is 0.266 e. The molecule has 27 heavy (non-hydrogen) atoms. The molecule has 1 aromatic rings. The summed E-state index contributed by atoms with van der Waals surface area (Å²) in [5, 5.41) is 12.6. The lowest BCUT2D eigenvalue weighted by Gasteiger charge is -2.35. The number of nitrogens with two attached hydrogens (primary N) is 1. The van der Waals surface area contributed by atoms with Gasteiger partial charge >= 0.3 is 0 Å². The van der Waals surface area contributed by atoms with E-state index in [1.165, 1.54) is 11.3 Å². The second-order valence-corrected chi connectivity index (χ2v) is 7.28. The van der Waals surface area contributed by atoms with Crippen LogP contribution in [0.5, 0.6) is 0 Å². The van der Waals surface area contributed by atoms with E-state index in [-0.39, 0.29) is 30.1 Å². The van der Waals surface area contributed by atoms with Crippen LogP contribution >= 0.6 is 34.7 Å². The van der Waals surface area contributed by atoms with Crippen LogP contribution in [0, 0.1) is 0 Å². The Morgan fingerprint density at radius 2 is 2.30 bits per heavy atom. The Morgan fingerprint density at radius 1 is 1.52 bits per heavy atom. The number of nitrogens with zero attached hydrogens (tertiary/aromatic N) is 2. The van der Waals surface area contributed by atoms with Gasteiger partial charge in [0.2, 0.25) is 17.7 Å². The number of alkyl halides is 1. The molecular weight excluding hydrogens is 420 g/mol. The highest BCUT2D eigenvalue weighted by molar-refractivity contribution is 8.00. The highest BCUT2D eigenvalue weighted by atomic mass is 35.5. The van der Waals surface area contributed by atoms with E-state index in [9.17, 15) is 19.2 Å². The molecule has 5 N–H and O–H groups in total. The molecule has 0 spiro atoms. The zero-order valence-electron chi connectivity index (χ0n) is 13.6. The minimum Gasteiger partial charge on any atom is -0.389 e. The third kappa shape index (κ3) is 6.69. The van der Waals surface area contributed by atoms with Crippen LogP contribution in [-0.4, -0.2) is 57.9 Å². The average molecular weight is 435 g/mol. The van der Waals surface area contributed by atoms with Crippen LogP contribution in [-0.2, 0) is 30.6 Å². The van der Waals surface area contributed by atoms with Crippen LogP contribution < -0.4 is 21.7 Å². The van der Waals surface area contributed by atoms with Crippen molar-refractivity contribution in [3.05, 3.63) is 11.1 Å². The molecule has 0 bridgehead atoms. The molecule has 1 aliphatic rings. The van der Waals surface area contributed by atoms with E-state index < -0.39 is 23.2 Å². The predicted molar refractivity (Wildman–Crippen MR) is 100 cm³/mol. The first-order chi connectivity index (χ1) is 12.9. The number of anilines is 1. The molecule has 0 aromatic carbocycles. The maximum atomic E-state index is 11.8. The van der Waals surface area contributed by atoms with Crippen molar-refractivity contribution >= 4 is 69.7 Å². The van der Waals surface area contributed by atoms with Gasteiger partial charge in [-0.3, -0.25) is 19.2 Å². The second-order valence-electron chi connectivity index (χ2n) is 5.03. The number of hydrogen-bond acceptors (Lipinski definition) is 9. The first-order valence-corrected chi connectivity index (χ1v) is 9.81. The first kappa shape index (κ1) is 20.9. The van der Waals surface area contributed by atoms with Gasteiger partial charge in [0.15, 0.2) is 11.7 Å². The number of primary amides is 1. The Morgan fingerprint density at radius 3 is 2.96 bits per heavy atom. The molecule has 0 radical (unpaired) electrons. The number of oxime groups is 1. The minimum atomic E-state index is -0.778. The largest absolute Gasteiger partial charge is 0.389 e. The third-order valence-corrected chi connectivity index (χ3v) is 5.20. The van der Waals surface area contributed by atoms with Crippen molar-refractivity contribution in [2.45, 2.75) is 18.0 Å². The van der Waals surface area contributed by atoms with E-state index in [2.05, 4.69) is 26.1 Å². The summed E-state index contributed by atoms with van der Waals surface area (Å²) in [6.45, 7) is -0.0158. The molecule has 0 aliphatic carbocycles. The first-order valence-electron chi connectivity index (χ1n) is 7.35. The zero-order chi connectivity index (χ0) is 19.8. The van der Waals surface area contributed by atoms with E-state index in [0.717, 1.165) is 18.0 Å². The molecule has 11 nitrogen and oxygen atoms in total. The molecule has 2 heterocycles. The molecular formula is C13H15ClN6O5S2. The lowest BCUT2D eigenvalue weighted by Crippen LogP contribution is -2.68. The lowest BCUT2D eigenvalue weighted by molar-refractivity contribution is -0.132. The minimum absolute atomic E-state index is 0.0158. The number of β-lactam (4-membered cyclic amide) rings is 1. The fraction of sp³-hybridized carbons (Fsp3) is 0.385. The van der Waals surface area contributed by atoms with Crippen molar-refractivity contribution in [2.24, 2.45) is 10.9 Å². The number of rotatable bonds is 10. The van der Waals surface area contributed by atoms with Gasteiger partial charge < -0.3 is 26.5 Å². The standard InChI is InChI=1S/C13H15ClN6O5S2/c14-1-8(22)19-13-17-6(4-27-13)3-25-16-2-9(23)18-10-11(24)20-12(10)26-5-7(15)21/h2,4,10,12H,1,3,5H2,(H2,15,21)(H,18,23)(H,20,24)(H,17,19,22)/t10-,12-/m1/s1. The van der Waals surface area contributed by atoms with Gasteiger partial charge in [-0.15, -0.1) is 34.7 Å². The van der Waals surface area contributed by atoms with Crippen molar-refractivity contribution in [1.82, 2.24) is 15.6 Å². The lowest BCUT2D eigenvalue weighted by atomic mass is 10.1. The van der Waals surface area contributed by atoms with Gasteiger partial charge in [0.1, 0.15) is 23.5 Å². The molecule has 14 heteroatoms. The monoisotopic (exact) mass is 434 g/mol. The van der Waals surface area contributed by atoms with Crippen molar-refractivity contribution in [1.29, 1.82) is 0 Å². The number of amides is 4. The SMILES string of the molecule is NC(=O)CS[C@H]1NC(=O)[C@H]1NC(=O)C=NOCc1csc(NC(=O)CCl)n1. The van der Waals surface area contributed by atoms with Crippen LogP contribution in [0.4, 0.5) is 5.13 Å². The molecule has 1 aliphatic heterocycles. The highest BCUT2D eigenvalue weighted by Gasteiger charge is 2.40. The van der Waals surface area contributed by atoms with Gasteiger partial charge in [-0.2, -0.15) is 0 Å². The Balaban J connectivity index is 1.71. The molecule has 2 atom stereocenters. The van der Waals surface area contributed by atoms with E-state index in [1.54, 1.807) is 5.38 Å². The van der Waals surface area contributed by atoms with Gasteiger partial charge in [-0.05, 0) is 0 Å². The molecule has 4 amide bonds. The average Bonchev–Trinajstić information content (AvgIpc) is 3.07. The van der Waals surface area contributed by atoms with Crippen molar-refractivity contribution < 1.29 is 24.0 Å². The number of nitrogens with one attached hydrogen (secondary N) is 3. The van der Waals surface area contributed by atoms with Crippen LogP contribution in [0.25, 0.3) is 0 Å². The summed E-state index contributed by atoms with van der Waals surface area (Å²) in [4.78, 5) is 54.1. The number of hydrogen-bond donors (Lipinski definition) is 4. The predicted octanol–water partition coefficient (Wildman–Crippen LogP) is -1.02. The number of halogens is 1. The van der Waals surface area contributed by atoms with Crippen LogP contribution in [0.15, 0.2) is 10.5 Å². The number of thiazole rings is 1. The normalized spacial score (nSPS) is 18.5. The molecule has 0 unspecified atom stereocenters. The summed E-state index contributed by atoms with van der Waals surface area (Å²) in [7, 11) is 0. The molecule has 0 saturated carbocycles. The summed E-state index contributed by atoms with van der Waals surface area (Å²) in [6, 6.07) is -0.778. The van der Waals surface area contributed by atoms with E-state index >= 15 is 0 Å². The molecule has 1 fully saturated rings. The van der Waals surface area contributed by atoms with Crippen LogP contribution in [0.1, 0.15) is 5.69 Å². The zero-order valence-corrected chi connectivity index (χ0v) is 16.0. The fourth-order valence-corrected chi connectivity index (χ4v) is 3.47. The van der Waals surface area contributed by atoms with E-state index in [0.29, 0.717) is 10.8 Å². The summed E-state index contributed by atoms with van der Waals surface area (Å²) in [6.07, 6.45) is 0.879. The van der Waals surface area contributed by atoms with Crippen molar-refractivity contribution in [3.8, 4) is 0 Å². The Hall–Kier alpha value is -2.38. The fourth-order valence-electron chi connectivity index (χ4n) is 1.77. The molecule has 1 aromatic heterocycles. The Bertz CT molecular complexity index is 757. The summed E-state index contributed by atoms with van der Waals surface area (Å²) >= 11 is 7.68. The second kappa shape index (κ2) is 10.1.